The highest BCUT2D eigenvalue weighted by atomic mass is 16.1. The van der Waals surface area contributed by atoms with Crippen LogP contribution in [0.4, 0.5) is 17.3 Å². The average molecular weight is 348 g/mol. The van der Waals surface area contributed by atoms with Crippen molar-refractivity contribution in [2.24, 2.45) is 0 Å². The van der Waals surface area contributed by atoms with E-state index in [9.17, 15) is 4.79 Å². The van der Waals surface area contributed by atoms with E-state index in [1.165, 1.54) is 0 Å². The van der Waals surface area contributed by atoms with Gasteiger partial charge in [-0.05, 0) is 48.0 Å². The Labute approximate surface area is 152 Å². The van der Waals surface area contributed by atoms with Gasteiger partial charge in [0.1, 0.15) is 5.69 Å². The standard InChI is InChI=1S/C19H20N6O/c1-25(2)16-5-3-15(4-6-16)23-18(26)17-9-12-21-19(24-17)22-13-14-7-10-20-11-8-14/h3-12H,13H2,1-2H3,(H,23,26)(H,21,22,24). The molecule has 0 saturated carbocycles. The number of aromatic nitrogens is 3. The predicted molar refractivity (Wildman–Crippen MR) is 102 cm³/mol. The van der Waals surface area contributed by atoms with E-state index < -0.39 is 0 Å². The molecule has 1 aromatic carbocycles. The van der Waals surface area contributed by atoms with E-state index >= 15 is 0 Å². The molecular weight excluding hydrogens is 328 g/mol. The third-order valence-electron chi connectivity index (χ3n) is 3.73. The fourth-order valence-corrected chi connectivity index (χ4v) is 2.29. The maximum atomic E-state index is 12.4. The molecule has 3 rings (SSSR count). The van der Waals surface area contributed by atoms with Gasteiger partial charge in [-0.2, -0.15) is 0 Å². The van der Waals surface area contributed by atoms with E-state index in [1.807, 2.05) is 55.4 Å². The van der Waals surface area contributed by atoms with Gasteiger partial charge in [-0.3, -0.25) is 9.78 Å². The smallest absolute Gasteiger partial charge is 0.274 e. The van der Waals surface area contributed by atoms with Gasteiger partial charge < -0.3 is 15.5 Å². The Balaban J connectivity index is 1.64. The fourth-order valence-electron chi connectivity index (χ4n) is 2.29. The van der Waals surface area contributed by atoms with Crippen LogP contribution in [0.3, 0.4) is 0 Å². The van der Waals surface area contributed by atoms with E-state index in [2.05, 4.69) is 25.6 Å². The van der Waals surface area contributed by atoms with Crippen molar-refractivity contribution in [2.75, 3.05) is 29.6 Å². The van der Waals surface area contributed by atoms with Crippen molar-refractivity contribution in [1.29, 1.82) is 0 Å². The Hall–Kier alpha value is -3.48. The molecule has 7 heteroatoms. The number of nitrogens with zero attached hydrogens (tertiary/aromatic N) is 4. The molecule has 0 bridgehead atoms. The molecule has 0 radical (unpaired) electrons. The van der Waals surface area contributed by atoms with Crippen LogP contribution in [0.5, 0.6) is 0 Å². The summed E-state index contributed by atoms with van der Waals surface area (Å²) < 4.78 is 0. The minimum absolute atomic E-state index is 0.281. The number of benzene rings is 1. The highest BCUT2D eigenvalue weighted by Crippen LogP contribution is 2.16. The summed E-state index contributed by atoms with van der Waals surface area (Å²) in [6, 6.07) is 13.0. The Kier molecular flexibility index (Phi) is 5.38. The van der Waals surface area contributed by atoms with Crippen molar-refractivity contribution in [3.05, 3.63) is 72.3 Å². The predicted octanol–water partition coefficient (Wildman–Crippen LogP) is 2.80. The van der Waals surface area contributed by atoms with Crippen molar-refractivity contribution in [1.82, 2.24) is 15.0 Å². The summed E-state index contributed by atoms with van der Waals surface area (Å²) in [6.07, 6.45) is 5.01. The first kappa shape index (κ1) is 17.3. The summed E-state index contributed by atoms with van der Waals surface area (Å²) >= 11 is 0. The molecule has 2 N–H and O–H groups in total. The van der Waals surface area contributed by atoms with Crippen LogP contribution in [0.1, 0.15) is 16.1 Å². The second-order valence-corrected chi connectivity index (χ2v) is 5.87. The average Bonchev–Trinajstić information content (AvgIpc) is 2.68. The molecule has 3 aromatic rings. The quantitative estimate of drug-likeness (QED) is 0.713. The first-order valence-corrected chi connectivity index (χ1v) is 8.16. The van der Waals surface area contributed by atoms with E-state index in [-0.39, 0.29) is 5.91 Å². The molecule has 0 fully saturated rings. The zero-order valence-electron chi connectivity index (χ0n) is 14.7. The number of rotatable bonds is 6. The lowest BCUT2D eigenvalue weighted by molar-refractivity contribution is 0.102. The van der Waals surface area contributed by atoms with E-state index in [0.717, 1.165) is 11.3 Å². The zero-order valence-corrected chi connectivity index (χ0v) is 14.7. The number of carbonyl (C=O) groups excluding carboxylic acids is 1. The highest BCUT2D eigenvalue weighted by Gasteiger charge is 2.09. The topological polar surface area (TPSA) is 83.0 Å². The summed E-state index contributed by atoms with van der Waals surface area (Å²) in [6.45, 7) is 0.555. The third-order valence-corrected chi connectivity index (χ3v) is 3.73. The van der Waals surface area contributed by atoms with Gasteiger partial charge in [0.15, 0.2) is 0 Å². The number of anilines is 3. The van der Waals surface area contributed by atoms with Crippen LogP contribution in [0.15, 0.2) is 61.1 Å². The van der Waals surface area contributed by atoms with Gasteiger partial charge in [-0.25, -0.2) is 9.97 Å². The fraction of sp³-hybridized carbons (Fsp3) is 0.158. The van der Waals surface area contributed by atoms with E-state index in [4.69, 9.17) is 0 Å². The number of carbonyl (C=O) groups is 1. The third kappa shape index (κ3) is 4.54. The van der Waals surface area contributed by atoms with Gasteiger partial charge in [0.05, 0.1) is 0 Å². The molecule has 132 valence electrons. The maximum Gasteiger partial charge on any atom is 0.274 e. The number of nitrogens with one attached hydrogen (secondary N) is 2. The Morgan fingerprint density at radius 1 is 1.00 bits per heavy atom. The van der Waals surface area contributed by atoms with Gasteiger partial charge >= 0.3 is 0 Å². The second-order valence-electron chi connectivity index (χ2n) is 5.87. The van der Waals surface area contributed by atoms with Crippen LogP contribution in [-0.2, 0) is 6.54 Å². The molecule has 1 amide bonds. The Morgan fingerprint density at radius 3 is 2.42 bits per heavy atom. The minimum Gasteiger partial charge on any atom is -0.378 e. The van der Waals surface area contributed by atoms with Crippen LogP contribution in [0, 0.1) is 0 Å². The molecule has 0 aliphatic rings. The lowest BCUT2D eigenvalue weighted by atomic mass is 10.2. The number of pyridine rings is 1. The number of hydrogen-bond acceptors (Lipinski definition) is 6. The van der Waals surface area contributed by atoms with Gasteiger partial charge in [0.25, 0.3) is 5.91 Å². The Morgan fingerprint density at radius 2 is 1.73 bits per heavy atom. The molecule has 2 heterocycles. The lowest BCUT2D eigenvalue weighted by Gasteiger charge is -2.13. The molecule has 0 saturated heterocycles. The molecule has 7 nitrogen and oxygen atoms in total. The van der Waals surface area contributed by atoms with Gasteiger partial charge in [0.2, 0.25) is 5.95 Å². The summed E-state index contributed by atoms with van der Waals surface area (Å²) in [7, 11) is 3.93. The number of hydrogen-bond donors (Lipinski definition) is 2. The molecule has 0 atom stereocenters. The van der Waals surface area contributed by atoms with Crippen LogP contribution in [0.25, 0.3) is 0 Å². The first-order chi connectivity index (χ1) is 12.6. The van der Waals surface area contributed by atoms with E-state index in [0.29, 0.717) is 23.9 Å². The highest BCUT2D eigenvalue weighted by molar-refractivity contribution is 6.03. The van der Waals surface area contributed by atoms with Gasteiger partial charge in [-0.15, -0.1) is 0 Å². The van der Waals surface area contributed by atoms with Crippen LogP contribution < -0.4 is 15.5 Å². The minimum atomic E-state index is -0.281. The molecule has 2 aromatic heterocycles. The van der Waals surface area contributed by atoms with Crippen LogP contribution in [-0.4, -0.2) is 35.0 Å². The molecular formula is C19H20N6O. The Bertz CT molecular complexity index is 865. The van der Waals surface area contributed by atoms with Gasteiger partial charge in [-0.1, -0.05) is 0 Å². The van der Waals surface area contributed by atoms with Crippen LogP contribution in [0.2, 0.25) is 0 Å². The molecule has 26 heavy (non-hydrogen) atoms. The summed E-state index contributed by atoms with van der Waals surface area (Å²) in [5.41, 5.74) is 3.13. The van der Waals surface area contributed by atoms with Crippen LogP contribution >= 0.6 is 0 Å². The zero-order chi connectivity index (χ0) is 18.4. The van der Waals surface area contributed by atoms with Crippen molar-refractivity contribution in [2.45, 2.75) is 6.54 Å². The summed E-state index contributed by atoms with van der Waals surface area (Å²) in [5, 5.41) is 5.95. The van der Waals surface area contributed by atoms with Crippen molar-refractivity contribution in [3.63, 3.8) is 0 Å². The summed E-state index contributed by atoms with van der Waals surface area (Å²) in [4.78, 5) is 26.8. The van der Waals surface area contributed by atoms with E-state index in [1.54, 1.807) is 24.7 Å². The number of amides is 1. The van der Waals surface area contributed by atoms with Crippen molar-refractivity contribution in [3.8, 4) is 0 Å². The summed E-state index contributed by atoms with van der Waals surface area (Å²) in [5.74, 6) is 0.120. The first-order valence-electron chi connectivity index (χ1n) is 8.16. The molecule has 0 unspecified atom stereocenters. The second kappa shape index (κ2) is 8.06. The van der Waals surface area contributed by atoms with Gasteiger partial charge in [0, 0.05) is 50.6 Å². The lowest BCUT2D eigenvalue weighted by Crippen LogP contribution is -2.15. The molecule has 0 aliphatic heterocycles. The SMILES string of the molecule is CN(C)c1ccc(NC(=O)c2ccnc(NCc3ccncc3)n2)cc1. The largest absolute Gasteiger partial charge is 0.378 e. The maximum absolute atomic E-state index is 12.4. The monoisotopic (exact) mass is 348 g/mol. The normalized spacial score (nSPS) is 10.2. The van der Waals surface area contributed by atoms with Crippen molar-refractivity contribution >= 4 is 23.2 Å². The molecule has 0 spiro atoms. The van der Waals surface area contributed by atoms with Crippen molar-refractivity contribution < 1.29 is 4.79 Å². The molecule has 0 aliphatic carbocycles.